The van der Waals surface area contributed by atoms with Crippen LogP contribution in [0, 0.1) is 24.7 Å². The van der Waals surface area contributed by atoms with E-state index in [1.165, 1.54) is 0 Å². The molecule has 2 nitrogen and oxygen atoms in total. The molecule has 0 aliphatic carbocycles. The molecule has 19 heavy (non-hydrogen) atoms. The van der Waals surface area contributed by atoms with Crippen LogP contribution in [0.3, 0.4) is 0 Å². The number of aromatic hydroxyl groups is 2. The number of benzene rings is 2. The summed E-state index contributed by atoms with van der Waals surface area (Å²) in [6.45, 7) is 0. The van der Waals surface area contributed by atoms with Crippen molar-refractivity contribution in [3.63, 3.8) is 0 Å². The number of rotatable bonds is 2. The minimum atomic E-state index is 0.0984. The molecule has 0 atom stereocenters. The molecule has 0 saturated carbocycles. The molecule has 0 amide bonds. The SMILES string of the molecule is C#Cc1cc(Cc2ccc(O)c(C#C)c2)ccc1O. The van der Waals surface area contributed by atoms with Gasteiger partial charge in [0.15, 0.2) is 0 Å². The Kier molecular flexibility index (Phi) is 3.46. The van der Waals surface area contributed by atoms with E-state index in [2.05, 4.69) is 11.8 Å². The van der Waals surface area contributed by atoms with Crippen LogP contribution < -0.4 is 0 Å². The van der Waals surface area contributed by atoms with Gasteiger partial charge in [-0.05, 0) is 41.8 Å². The first kappa shape index (κ1) is 12.6. The molecule has 0 bridgehead atoms. The molecule has 2 aromatic carbocycles. The van der Waals surface area contributed by atoms with Crippen molar-refractivity contribution in [3.8, 4) is 36.2 Å². The normalized spacial score (nSPS) is 9.58. The highest BCUT2D eigenvalue weighted by atomic mass is 16.3. The van der Waals surface area contributed by atoms with Gasteiger partial charge >= 0.3 is 0 Å². The number of hydrogen-bond acceptors (Lipinski definition) is 2. The average molecular weight is 248 g/mol. The Hall–Kier alpha value is -2.84. The summed E-state index contributed by atoms with van der Waals surface area (Å²) < 4.78 is 0. The van der Waals surface area contributed by atoms with Gasteiger partial charge in [-0.15, -0.1) is 12.8 Å². The van der Waals surface area contributed by atoms with Gasteiger partial charge in [-0.2, -0.15) is 0 Å². The molecule has 0 aromatic heterocycles. The Bertz CT molecular complexity index is 639. The molecular weight excluding hydrogens is 236 g/mol. The average Bonchev–Trinajstić information content (AvgIpc) is 2.43. The van der Waals surface area contributed by atoms with Crippen LogP contribution >= 0.6 is 0 Å². The minimum absolute atomic E-state index is 0.0984. The molecule has 0 spiro atoms. The highest BCUT2D eigenvalue weighted by Gasteiger charge is 2.04. The van der Waals surface area contributed by atoms with Crippen molar-refractivity contribution in [3.05, 3.63) is 58.7 Å². The fourth-order valence-corrected chi connectivity index (χ4v) is 1.85. The fourth-order valence-electron chi connectivity index (χ4n) is 1.85. The number of terminal acetylenes is 2. The summed E-state index contributed by atoms with van der Waals surface area (Å²) in [6, 6.07) is 10.3. The third-order valence-electron chi connectivity index (χ3n) is 2.84. The van der Waals surface area contributed by atoms with Gasteiger partial charge < -0.3 is 10.2 Å². The first-order valence-electron chi connectivity index (χ1n) is 5.71. The van der Waals surface area contributed by atoms with Crippen LogP contribution in [0.4, 0.5) is 0 Å². The van der Waals surface area contributed by atoms with E-state index in [9.17, 15) is 10.2 Å². The molecule has 2 aromatic rings. The van der Waals surface area contributed by atoms with Crippen molar-refractivity contribution < 1.29 is 10.2 Å². The molecule has 0 saturated heterocycles. The Labute approximate surface area is 112 Å². The van der Waals surface area contributed by atoms with Crippen LogP contribution in [0.1, 0.15) is 22.3 Å². The van der Waals surface area contributed by atoms with Crippen LogP contribution in [0.15, 0.2) is 36.4 Å². The van der Waals surface area contributed by atoms with Gasteiger partial charge in [0, 0.05) is 0 Å². The predicted octanol–water partition coefficient (Wildman–Crippen LogP) is 2.65. The minimum Gasteiger partial charge on any atom is -0.507 e. The van der Waals surface area contributed by atoms with Crippen LogP contribution in [0.25, 0.3) is 0 Å². The topological polar surface area (TPSA) is 40.5 Å². The van der Waals surface area contributed by atoms with Crippen molar-refractivity contribution in [2.45, 2.75) is 6.42 Å². The lowest BCUT2D eigenvalue weighted by molar-refractivity contribution is 0.473. The highest BCUT2D eigenvalue weighted by Crippen LogP contribution is 2.22. The van der Waals surface area contributed by atoms with E-state index in [-0.39, 0.29) is 11.5 Å². The Morgan fingerprint density at radius 3 is 1.58 bits per heavy atom. The maximum absolute atomic E-state index is 9.52. The van der Waals surface area contributed by atoms with Gasteiger partial charge in [0.2, 0.25) is 0 Å². The van der Waals surface area contributed by atoms with E-state index in [0.717, 1.165) is 11.1 Å². The standard InChI is InChI=1S/C17H12O2/c1-3-14-10-12(5-7-16(14)18)9-13-6-8-17(19)15(4-2)11-13/h1-2,5-8,10-11,18-19H,9H2. The third kappa shape index (κ3) is 2.70. The lowest BCUT2D eigenvalue weighted by Crippen LogP contribution is -1.91. The summed E-state index contributed by atoms with van der Waals surface area (Å²) in [7, 11) is 0. The smallest absolute Gasteiger partial charge is 0.131 e. The monoisotopic (exact) mass is 248 g/mol. The summed E-state index contributed by atoms with van der Waals surface area (Å²) in [6.07, 6.45) is 11.2. The summed E-state index contributed by atoms with van der Waals surface area (Å²) >= 11 is 0. The zero-order valence-electron chi connectivity index (χ0n) is 10.2. The second-order valence-electron chi connectivity index (χ2n) is 4.17. The van der Waals surface area contributed by atoms with Gasteiger partial charge in [-0.25, -0.2) is 0 Å². The van der Waals surface area contributed by atoms with Crippen molar-refractivity contribution in [1.82, 2.24) is 0 Å². The molecule has 92 valence electrons. The van der Waals surface area contributed by atoms with Crippen molar-refractivity contribution in [2.24, 2.45) is 0 Å². The molecule has 0 aliphatic rings. The number of phenolic OH excluding ortho intramolecular Hbond substituents is 2. The first-order chi connectivity index (χ1) is 9.13. The summed E-state index contributed by atoms with van der Waals surface area (Å²) in [5, 5.41) is 19.0. The maximum Gasteiger partial charge on any atom is 0.131 e. The van der Waals surface area contributed by atoms with E-state index < -0.39 is 0 Å². The van der Waals surface area contributed by atoms with E-state index >= 15 is 0 Å². The van der Waals surface area contributed by atoms with Crippen molar-refractivity contribution in [1.29, 1.82) is 0 Å². The lowest BCUT2D eigenvalue weighted by Gasteiger charge is -2.06. The van der Waals surface area contributed by atoms with Gasteiger partial charge in [0.1, 0.15) is 11.5 Å². The van der Waals surface area contributed by atoms with Gasteiger partial charge in [-0.1, -0.05) is 24.0 Å². The zero-order valence-corrected chi connectivity index (χ0v) is 10.2. The van der Waals surface area contributed by atoms with Crippen LogP contribution in [0.5, 0.6) is 11.5 Å². The van der Waals surface area contributed by atoms with Crippen LogP contribution in [0.2, 0.25) is 0 Å². The maximum atomic E-state index is 9.52. The fraction of sp³-hybridized carbons (Fsp3) is 0.0588. The van der Waals surface area contributed by atoms with Crippen LogP contribution in [-0.2, 0) is 6.42 Å². The second-order valence-corrected chi connectivity index (χ2v) is 4.17. The Balaban J connectivity index is 2.32. The molecule has 0 radical (unpaired) electrons. The molecule has 2 rings (SSSR count). The lowest BCUT2D eigenvalue weighted by atomic mass is 10.0. The molecule has 0 fully saturated rings. The van der Waals surface area contributed by atoms with E-state index in [0.29, 0.717) is 17.5 Å². The molecule has 0 unspecified atom stereocenters. The summed E-state index contributed by atoms with van der Waals surface area (Å²) in [5.41, 5.74) is 2.88. The molecule has 0 heterocycles. The Morgan fingerprint density at radius 2 is 1.21 bits per heavy atom. The first-order valence-corrected chi connectivity index (χ1v) is 5.71. The molecule has 0 aliphatic heterocycles. The number of hydrogen-bond donors (Lipinski definition) is 2. The van der Waals surface area contributed by atoms with E-state index in [1.54, 1.807) is 36.4 Å². The third-order valence-corrected chi connectivity index (χ3v) is 2.84. The van der Waals surface area contributed by atoms with Gasteiger partial charge in [-0.3, -0.25) is 0 Å². The van der Waals surface area contributed by atoms with Gasteiger partial charge in [0.25, 0.3) is 0 Å². The summed E-state index contributed by atoms with van der Waals surface area (Å²) in [4.78, 5) is 0. The second kappa shape index (κ2) is 5.21. The predicted molar refractivity (Wildman–Crippen MR) is 74.9 cm³/mol. The highest BCUT2D eigenvalue weighted by molar-refractivity contribution is 5.49. The van der Waals surface area contributed by atoms with Crippen LogP contribution in [-0.4, -0.2) is 10.2 Å². The quantitative estimate of drug-likeness (QED) is 0.802. The Morgan fingerprint density at radius 1 is 0.789 bits per heavy atom. The van der Waals surface area contributed by atoms with Crippen molar-refractivity contribution >= 4 is 0 Å². The van der Waals surface area contributed by atoms with Crippen molar-refractivity contribution in [2.75, 3.05) is 0 Å². The van der Waals surface area contributed by atoms with Gasteiger partial charge in [0.05, 0.1) is 11.1 Å². The number of phenols is 2. The molecular formula is C17H12O2. The molecule has 2 heteroatoms. The molecule has 2 N–H and O–H groups in total. The zero-order chi connectivity index (χ0) is 13.8. The summed E-state index contributed by atoms with van der Waals surface area (Å²) in [5.74, 6) is 5.06. The van der Waals surface area contributed by atoms with E-state index in [4.69, 9.17) is 12.8 Å². The largest absolute Gasteiger partial charge is 0.507 e. The van der Waals surface area contributed by atoms with E-state index in [1.807, 2.05) is 0 Å².